The van der Waals surface area contributed by atoms with E-state index in [0.717, 1.165) is 18.6 Å². The number of likely N-dealkylation sites (tertiary alicyclic amines) is 1. The number of nitrogens with zero attached hydrogens (tertiary/aromatic N) is 1. The van der Waals surface area contributed by atoms with E-state index in [0.29, 0.717) is 24.9 Å². The summed E-state index contributed by atoms with van der Waals surface area (Å²) in [6.07, 6.45) is 1.06. The lowest BCUT2D eigenvalue weighted by Crippen LogP contribution is -2.42. The van der Waals surface area contributed by atoms with Crippen LogP contribution in [0.3, 0.4) is 0 Å². The van der Waals surface area contributed by atoms with Gasteiger partial charge in [0, 0.05) is 13.1 Å². The molecule has 2 nitrogen and oxygen atoms in total. The molecule has 2 atom stereocenters. The molecule has 0 aromatic heterocycles. The Hall–Kier alpha value is -1.16. The molecule has 1 saturated heterocycles. The smallest absolute Gasteiger partial charge is 0.255 e. The zero-order valence-corrected chi connectivity index (χ0v) is 11.7. The second-order valence-corrected chi connectivity index (χ2v) is 5.81. The second-order valence-electron chi connectivity index (χ2n) is 5.40. The van der Waals surface area contributed by atoms with Crippen molar-refractivity contribution in [2.45, 2.75) is 20.3 Å². The standard InChI is InChI=1S/C14H16ClF2NO/c1-8-3-9(2)7-18(6-8)14(19)10-4-12(16)13(17)5-11(10)15/h4-5,8-9H,3,6-7H2,1-2H3/t8-,9-/m0/s1. The molecule has 0 aliphatic carbocycles. The molecule has 1 aromatic rings. The molecule has 0 spiro atoms. The fourth-order valence-corrected chi connectivity index (χ4v) is 2.92. The Morgan fingerprint density at radius 3 is 2.32 bits per heavy atom. The molecule has 1 aromatic carbocycles. The van der Waals surface area contributed by atoms with Crippen molar-refractivity contribution in [1.82, 2.24) is 4.90 Å². The Kier molecular flexibility index (Phi) is 4.09. The first-order valence-corrected chi connectivity index (χ1v) is 6.70. The minimum Gasteiger partial charge on any atom is -0.338 e. The molecule has 0 bridgehead atoms. The molecular weight excluding hydrogens is 272 g/mol. The van der Waals surface area contributed by atoms with Crippen LogP contribution in [0, 0.1) is 23.5 Å². The zero-order chi connectivity index (χ0) is 14.2. The van der Waals surface area contributed by atoms with Gasteiger partial charge in [-0.05, 0) is 30.4 Å². The fraction of sp³-hybridized carbons (Fsp3) is 0.500. The molecule has 104 valence electrons. The molecule has 19 heavy (non-hydrogen) atoms. The summed E-state index contributed by atoms with van der Waals surface area (Å²) in [5, 5.41) is -0.0465. The van der Waals surface area contributed by atoms with Crippen molar-refractivity contribution < 1.29 is 13.6 Å². The third kappa shape index (κ3) is 3.06. The molecule has 1 heterocycles. The van der Waals surface area contributed by atoms with Crippen LogP contribution in [0.15, 0.2) is 12.1 Å². The van der Waals surface area contributed by atoms with Gasteiger partial charge < -0.3 is 4.90 Å². The van der Waals surface area contributed by atoms with E-state index in [9.17, 15) is 13.6 Å². The molecular formula is C14H16ClF2NO. The van der Waals surface area contributed by atoms with Crippen LogP contribution < -0.4 is 0 Å². The highest BCUT2D eigenvalue weighted by atomic mass is 35.5. The Bertz CT molecular complexity index is 496. The maximum Gasteiger partial charge on any atom is 0.255 e. The van der Waals surface area contributed by atoms with Gasteiger partial charge in [-0.1, -0.05) is 25.4 Å². The molecule has 1 aliphatic rings. The molecule has 0 N–H and O–H groups in total. The number of carbonyl (C=O) groups excluding carboxylic acids is 1. The van der Waals surface area contributed by atoms with E-state index in [1.807, 2.05) is 0 Å². The average Bonchev–Trinajstić information content (AvgIpc) is 2.31. The predicted octanol–water partition coefficient (Wildman–Crippen LogP) is 3.74. The average molecular weight is 288 g/mol. The monoisotopic (exact) mass is 287 g/mol. The lowest BCUT2D eigenvalue weighted by Gasteiger charge is -2.35. The SMILES string of the molecule is C[C@H]1C[C@H](C)CN(C(=O)c2cc(F)c(F)cc2Cl)C1. The largest absolute Gasteiger partial charge is 0.338 e. The van der Waals surface area contributed by atoms with Crippen LogP contribution in [-0.4, -0.2) is 23.9 Å². The summed E-state index contributed by atoms with van der Waals surface area (Å²) in [5.41, 5.74) is 0.0295. The molecule has 1 fully saturated rings. The van der Waals surface area contributed by atoms with Crippen LogP contribution in [0.1, 0.15) is 30.6 Å². The summed E-state index contributed by atoms with van der Waals surface area (Å²) in [7, 11) is 0. The number of halogens is 3. The summed E-state index contributed by atoms with van der Waals surface area (Å²) in [6.45, 7) is 5.39. The van der Waals surface area contributed by atoms with Crippen molar-refractivity contribution in [3.63, 3.8) is 0 Å². The lowest BCUT2D eigenvalue weighted by molar-refractivity contribution is 0.0622. The molecule has 0 unspecified atom stereocenters. The van der Waals surface area contributed by atoms with Crippen LogP contribution in [0.2, 0.25) is 5.02 Å². The molecule has 5 heteroatoms. The van der Waals surface area contributed by atoms with Gasteiger partial charge in [-0.2, -0.15) is 0 Å². The fourth-order valence-electron chi connectivity index (χ4n) is 2.69. The summed E-state index contributed by atoms with van der Waals surface area (Å²) in [6, 6.07) is 1.73. The van der Waals surface area contributed by atoms with Gasteiger partial charge >= 0.3 is 0 Å². The highest BCUT2D eigenvalue weighted by Gasteiger charge is 2.27. The van der Waals surface area contributed by atoms with Crippen LogP contribution in [-0.2, 0) is 0 Å². The number of hydrogen-bond acceptors (Lipinski definition) is 1. The highest BCUT2D eigenvalue weighted by molar-refractivity contribution is 6.33. The van der Waals surface area contributed by atoms with E-state index in [-0.39, 0.29) is 16.5 Å². The first-order chi connectivity index (χ1) is 8.88. The van der Waals surface area contributed by atoms with Gasteiger partial charge in [0.1, 0.15) is 0 Å². The Morgan fingerprint density at radius 1 is 1.21 bits per heavy atom. The molecule has 2 rings (SSSR count). The quantitative estimate of drug-likeness (QED) is 0.721. The van der Waals surface area contributed by atoms with Crippen LogP contribution in [0.25, 0.3) is 0 Å². The maximum absolute atomic E-state index is 13.2. The van der Waals surface area contributed by atoms with Gasteiger partial charge in [0.05, 0.1) is 10.6 Å². The van der Waals surface area contributed by atoms with Crippen molar-refractivity contribution in [1.29, 1.82) is 0 Å². The number of carbonyl (C=O) groups is 1. The van der Waals surface area contributed by atoms with E-state index < -0.39 is 11.6 Å². The first-order valence-electron chi connectivity index (χ1n) is 6.32. The zero-order valence-electron chi connectivity index (χ0n) is 10.9. The minimum absolute atomic E-state index is 0.0295. The molecule has 0 saturated carbocycles. The maximum atomic E-state index is 13.2. The second kappa shape index (κ2) is 5.45. The van der Waals surface area contributed by atoms with Crippen LogP contribution in [0.5, 0.6) is 0 Å². The van der Waals surface area contributed by atoms with Crippen molar-refractivity contribution in [2.75, 3.05) is 13.1 Å². The molecule has 0 radical (unpaired) electrons. The number of piperidine rings is 1. The van der Waals surface area contributed by atoms with Gasteiger partial charge in [0.25, 0.3) is 5.91 Å². The third-order valence-corrected chi connectivity index (χ3v) is 3.71. The van der Waals surface area contributed by atoms with E-state index in [4.69, 9.17) is 11.6 Å². The number of hydrogen-bond donors (Lipinski definition) is 0. The van der Waals surface area contributed by atoms with Crippen molar-refractivity contribution in [3.05, 3.63) is 34.4 Å². The summed E-state index contributed by atoms with van der Waals surface area (Å²) >= 11 is 5.83. The normalized spacial score (nSPS) is 23.5. The van der Waals surface area contributed by atoms with Gasteiger partial charge in [-0.25, -0.2) is 8.78 Å². The summed E-state index contributed by atoms with van der Waals surface area (Å²) in [5.74, 6) is -1.62. The first kappa shape index (κ1) is 14.3. The van der Waals surface area contributed by atoms with E-state index in [2.05, 4.69) is 13.8 Å². The van der Waals surface area contributed by atoms with E-state index >= 15 is 0 Å². The van der Waals surface area contributed by atoms with Crippen molar-refractivity contribution in [2.24, 2.45) is 11.8 Å². The van der Waals surface area contributed by atoms with E-state index in [1.54, 1.807) is 4.90 Å². The Balaban J connectivity index is 2.26. The predicted molar refractivity (Wildman–Crippen MR) is 70.2 cm³/mol. The van der Waals surface area contributed by atoms with Crippen molar-refractivity contribution in [3.8, 4) is 0 Å². The molecule has 1 amide bonds. The topological polar surface area (TPSA) is 20.3 Å². The van der Waals surface area contributed by atoms with Gasteiger partial charge in [-0.15, -0.1) is 0 Å². The summed E-state index contributed by atoms with van der Waals surface area (Å²) in [4.78, 5) is 14.0. The van der Waals surface area contributed by atoms with E-state index in [1.165, 1.54) is 0 Å². The summed E-state index contributed by atoms with van der Waals surface area (Å²) < 4.78 is 26.2. The number of benzene rings is 1. The van der Waals surface area contributed by atoms with Gasteiger partial charge in [0.15, 0.2) is 11.6 Å². The molecule has 1 aliphatic heterocycles. The third-order valence-electron chi connectivity index (χ3n) is 3.40. The number of amides is 1. The van der Waals surface area contributed by atoms with Crippen LogP contribution in [0.4, 0.5) is 8.78 Å². The highest BCUT2D eigenvalue weighted by Crippen LogP contribution is 2.26. The Morgan fingerprint density at radius 2 is 1.74 bits per heavy atom. The Labute approximate surface area is 116 Å². The van der Waals surface area contributed by atoms with Crippen LogP contribution >= 0.6 is 11.6 Å². The lowest BCUT2D eigenvalue weighted by atomic mass is 9.91. The minimum atomic E-state index is -1.05. The van der Waals surface area contributed by atoms with Crippen molar-refractivity contribution >= 4 is 17.5 Å². The van der Waals surface area contributed by atoms with Gasteiger partial charge in [0.2, 0.25) is 0 Å². The number of rotatable bonds is 1. The van der Waals surface area contributed by atoms with Gasteiger partial charge in [-0.3, -0.25) is 4.79 Å².